The Morgan fingerprint density at radius 3 is 2.42 bits per heavy atom. The molecule has 0 bridgehead atoms. The summed E-state index contributed by atoms with van der Waals surface area (Å²) in [6.07, 6.45) is 2.11. The van der Waals surface area contributed by atoms with Crippen molar-refractivity contribution in [3.05, 3.63) is 29.8 Å². The highest BCUT2D eigenvalue weighted by molar-refractivity contribution is 7.86. The predicted octanol–water partition coefficient (Wildman–Crippen LogP) is 3.03. The molecule has 104 valence electrons. The number of benzene rings is 1. The largest absolute Gasteiger partial charge is 0.296 e. The van der Waals surface area contributed by atoms with Gasteiger partial charge in [0.25, 0.3) is 10.1 Å². The van der Waals surface area contributed by atoms with Gasteiger partial charge >= 0.3 is 0 Å². The lowest BCUT2D eigenvalue weighted by Crippen LogP contribution is -2.10. The normalized spacial score (nSPS) is 12.9. The second-order valence-electron chi connectivity index (χ2n) is 4.49. The molecular formula is C14H19NO3S. The van der Waals surface area contributed by atoms with Crippen molar-refractivity contribution >= 4 is 10.1 Å². The third kappa shape index (κ3) is 5.01. The molecular weight excluding hydrogens is 262 g/mol. The molecule has 0 spiro atoms. The zero-order valence-corrected chi connectivity index (χ0v) is 12.1. The Morgan fingerprint density at radius 1 is 1.26 bits per heavy atom. The van der Waals surface area contributed by atoms with Gasteiger partial charge in [0, 0.05) is 5.92 Å². The van der Waals surface area contributed by atoms with E-state index in [0.29, 0.717) is 6.42 Å². The van der Waals surface area contributed by atoms with E-state index < -0.39 is 10.1 Å². The summed E-state index contributed by atoms with van der Waals surface area (Å²) in [6.45, 7) is 3.93. The molecule has 0 radical (unpaired) electrons. The second-order valence-corrected chi connectivity index (χ2v) is 6.11. The third-order valence-corrected chi connectivity index (χ3v) is 4.16. The van der Waals surface area contributed by atoms with Crippen molar-refractivity contribution in [2.24, 2.45) is 5.92 Å². The fraction of sp³-hybridized carbons (Fsp3) is 0.500. The van der Waals surface area contributed by atoms with Crippen LogP contribution < -0.4 is 0 Å². The first-order chi connectivity index (χ1) is 8.99. The Labute approximate surface area is 115 Å². The fourth-order valence-corrected chi connectivity index (χ4v) is 2.62. The van der Waals surface area contributed by atoms with E-state index in [1.165, 1.54) is 12.1 Å². The number of nitriles is 1. The van der Waals surface area contributed by atoms with Gasteiger partial charge in [-0.15, -0.1) is 0 Å². The smallest absolute Gasteiger partial charge is 0.266 e. The Kier molecular flexibility index (Phi) is 6.00. The summed E-state index contributed by atoms with van der Waals surface area (Å²) in [6, 6.07) is 8.67. The summed E-state index contributed by atoms with van der Waals surface area (Å²) in [4.78, 5) is 0.155. The molecule has 5 heteroatoms. The Morgan fingerprint density at radius 2 is 1.89 bits per heavy atom. The maximum Gasteiger partial charge on any atom is 0.296 e. The summed E-state index contributed by atoms with van der Waals surface area (Å²) in [5.41, 5.74) is 0.992. The van der Waals surface area contributed by atoms with Gasteiger partial charge in [-0.05, 0) is 31.9 Å². The van der Waals surface area contributed by atoms with Crippen LogP contribution in [0, 0.1) is 24.2 Å². The van der Waals surface area contributed by atoms with Gasteiger partial charge in [0.2, 0.25) is 0 Å². The molecule has 1 unspecified atom stereocenters. The van der Waals surface area contributed by atoms with Crippen LogP contribution in [0.1, 0.15) is 31.7 Å². The maximum atomic E-state index is 11.9. The second kappa shape index (κ2) is 7.27. The molecule has 1 aromatic carbocycles. The van der Waals surface area contributed by atoms with E-state index in [4.69, 9.17) is 9.44 Å². The van der Waals surface area contributed by atoms with E-state index in [2.05, 4.69) is 6.07 Å². The van der Waals surface area contributed by atoms with Crippen LogP contribution in [0.15, 0.2) is 29.2 Å². The number of rotatable bonds is 7. The fourth-order valence-electron chi connectivity index (χ4n) is 1.69. The molecule has 0 amide bonds. The van der Waals surface area contributed by atoms with Crippen molar-refractivity contribution in [2.45, 2.75) is 38.0 Å². The molecule has 4 nitrogen and oxygen atoms in total. The molecule has 0 saturated heterocycles. The van der Waals surface area contributed by atoms with Crippen LogP contribution in [-0.2, 0) is 14.3 Å². The zero-order chi connectivity index (χ0) is 14.3. The Hall–Kier alpha value is -1.38. The lowest BCUT2D eigenvalue weighted by Gasteiger charge is -2.08. The number of aryl methyl sites for hydroxylation is 1. The van der Waals surface area contributed by atoms with Crippen molar-refractivity contribution in [2.75, 3.05) is 6.61 Å². The molecule has 19 heavy (non-hydrogen) atoms. The molecule has 1 rings (SSSR count). The maximum absolute atomic E-state index is 11.9. The van der Waals surface area contributed by atoms with Crippen molar-refractivity contribution in [3.63, 3.8) is 0 Å². The molecule has 1 atom stereocenters. The molecule has 0 aliphatic rings. The number of hydrogen-bond donors (Lipinski definition) is 0. The zero-order valence-electron chi connectivity index (χ0n) is 11.3. The predicted molar refractivity (Wildman–Crippen MR) is 72.9 cm³/mol. The third-order valence-electron chi connectivity index (χ3n) is 2.83. The number of hydrogen-bond acceptors (Lipinski definition) is 4. The highest BCUT2D eigenvalue weighted by atomic mass is 32.2. The molecule has 0 fully saturated rings. The summed E-state index contributed by atoms with van der Waals surface area (Å²) in [5, 5.41) is 8.88. The van der Waals surface area contributed by atoms with Crippen LogP contribution in [0.3, 0.4) is 0 Å². The molecule has 0 saturated carbocycles. The van der Waals surface area contributed by atoms with E-state index in [9.17, 15) is 8.42 Å². The summed E-state index contributed by atoms with van der Waals surface area (Å²) >= 11 is 0. The lowest BCUT2D eigenvalue weighted by atomic mass is 10.0. The van der Waals surface area contributed by atoms with Gasteiger partial charge in [0.15, 0.2) is 0 Å². The summed E-state index contributed by atoms with van der Waals surface area (Å²) < 4.78 is 28.7. The Balaban J connectivity index is 2.57. The minimum atomic E-state index is -3.71. The van der Waals surface area contributed by atoms with Crippen LogP contribution in [0.25, 0.3) is 0 Å². The van der Waals surface area contributed by atoms with Crippen molar-refractivity contribution in [1.29, 1.82) is 5.26 Å². The molecule has 0 N–H and O–H groups in total. The highest BCUT2D eigenvalue weighted by Gasteiger charge is 2.16. The van der Waals surface area contributed by atoms with E-state index in [1.54, 1.807) is 12.1 Å². The van der Waals surface area contributed by atoms with Gasteiger partial charge in [0.1, 0.15) is 0 Å². The van der Waals surface area contributed by atoms with Gasteiger partial charge in [-0.1, -0.05) is 31.0 Å². The van der Waals surface area contributed by atoms with Gasteiger partial charge in [0.05, 0.1) is 17.6 Å². The van der Waals surface area contributed by atoms with Gasteiger partial charge in [-0.3, -0.25) is 4.18 Å². The topological polar surface area (TPSA) is 67.2 Å². The van der Waals surface area contributed by atoms with Crippen LogP contribution in [0.2, 0.25) is 0 Å². The summed E-state index contributed by atoms with van der Waals surface area (Å²) in [7, 11) is -3.71. The first kappa shape index (κ1) is 15.7. The van der Waals surface area contributed by atoms with Crippen molar-refractivity contribution in [3.8, 4) is 6.07 Å². The monoisotopic (exact) mass is 281 g/mol. The van der Waals surface area contributed by atoms with Crippen molar-refractivity contribution < 1.29 is 12.6 Å². The average molecular weight is 281 g/mol. The van der Waals surface area contributed by atoms with Crippen LogP contribution in [0.5, 0.6) is 0 Å². The van der Waals surface area contributed by atoms with Crippen LogP contribution in [0.4, 0.5) is 0 Å². The standard InChI is InChI=1S/C14H19NO3S/c1-3-4-13(11-15)9-10-18-19(16,17)14-7-5-12(2)6-8-14/h5-8,13H,3-4,9-10H2,1-2H3. The minimum absolute atomic E-state index is 0.0500. The first-order valence-corrected chi connectivity index (χ1v) is 7.76. The molecule has 0 aromatic heterocycles. The summed E-state index contributed by atoms with van der Waals surface area (Å²) in [5.74, 6) is -0.141. The minimum Gasteiger partial charge on any atom is -0.266 e. The van der Waals surface area contributed by atoms with E-state index in [1.807, 2.05) is 13.8 Å². The van der Waals surface area contributed by atoms with Gasteiger partial charge in [-0.2, -0.15) is 13.7 Å². The quantitative estimate of drug-likeness (QED) is 0.720. The molecule has 0 heterocycles. The lowest BCUT2D eigenvalue weighted by molar-refractivity contribution is 0.292. The van der Waals surface area contributed by atoms with Gasteiger partial charge < -0.3 is 0 Å². The first-order valence-electron chi connectivity index (χ1n) is 6.35. The number of nitrogens with zero attached hydrogens (tertiary/aromatic N) is 1. The van der Waals surface area contributed by atoms with E-state index in [-0.39, 0.29) is 17.4 Å². The molecule has 0 aliphatic carbocycles. The van der Waals surface area contributed by atoms with Crippen LogP contribution in [-0.4, -0.2) is 15.0 Å². The van der Waals surface area contributed by atoms with Gasteiger partial charge in [-0.25, -0.2) is 0 Å². The van der Waals surface area contributed by atoms with Crippen molar-refractivity contribution in [1.82, 2.24) is 0 Å². The highest BCUT2D eigenvalue weighted by Crippen LogP contribution is 2.15. The van der Waals surface area contributed by atoms with Crippen LogP contribution >= 0.6 is 0 Å². The van der Waals surface area contributed by atoms with E-state index >= 15 is 0 Å². The SMILES string of the molecule is CCCC(C#N)CCOS(=O)(=O)c1ccc(C)cc1. The Bertz CT molecular complexity index is 529. The molecule has 0 aliphatic heterocycles. The average Bonchev–Trinajstić information content (AvgIpc) is 2.38. The molecule has 1 aromatic rings. The van der Waals surface area contributed by atoms with E-state index in [0.717, 1.165) is 18.4 Å².